The maximum Gasteiger partial charge on any atom is 0.326 e. The Kier molecular flexibility index (Phi) is 10.6. The third kappa shape index (κ3) is 8.52. The number of rotatable bonds is 14. The Labute approximate surface area is 239 Å². The topological polar surface area (TPSA) is 244 Å². The zero-order valence-corrected chi connectivity index (χ0v) is 22.6. The molecule has 3 amide bonds. The predicted molar refractivity (Wildman–Crippen MR) is 149 cm³/mol. The lowest BCUT2D eigenvalue weighted by Crippen LogP contribution is -2.60. The zero-order valence-electron chi connectivity index (χ0n) is 22.6. The third-order valence-electron chi connectivity index (χ3n) is 6.52. The molecule has 5 unspecified atom stereocenters. The standard InChI is InChI=1S/C28H33N5O9/c1-14(34)24(27(40)32-22(28(41)42)12-23(36)37)33-26(39)21(11-16-13-30-20-5-3-2-4-18(16)20)31-25(38)19(29)10-15-6-8-17(35)9-7-15/h2-9,13-14,19,21-22,24,30,34-35H,10-12,29H2,1H3,(H,31,38)(H,32,40)(H,33,39)(H,36,37)(H,41,42). The molecule has 14 nitrogen and oxygen atoms in total. The second-order valence-electron chi connectivity index (χ2n) is 9.83. The number of phenols is 1. The number of hydrogen-bond donors (Lipinski definition) is 9. The smallest absolute Gasteiger partial charge is 0.326 e. The van der Waals surface area contributed by atoms with E-state index in [0.29, 0.717) is 11.1 Å². The van der Waals surface area contributed by atoms with Gasteiger partial charge in [-0.1, -0.05) is 30.3 Å². The van der Waals surface area contributed by atoms with Crippen LogP contribution in [0.2, 0.25) is 0 Å². The quantitative estimate of drug-likeness (QED) is 0.116. The summed E-state index contributed by atoms with van der Waals surface area (Å²) in [7, 11) is 0. The Morgan fingerprint density at radius 2 is 1.50 bits per heavy atom. The van der Waals surface area contributed by atoms with E-state index in [2.05, 4.69) is 15.6 Å². The summed E-state index contributed by atoms with van der Waals surface area (Å²) in [6.07, 6.45) is -0.741. The molecule has 0 fully saturated rings. The summed E-state index contributed by atoms with van der Waals surface area (Å²) >= 11 is 0. The van der Waals surface area contributed by atoms with Crippen molar-refractivity contribution in [3.05, 3.63) is 65.9 Å². The number of amides is 3. The van der Waals surface area contributed by atoms with E-state index in [1.807, 2.05) is 23.5 Å². The molecule has 224 valence electrons. The van der Waals surface area contributed by atoms with Crippen LogP contribution in [0.5, 0.6) is 5.75 Å². The lowest BCUT2D eigenvalue weighted by atomic mass is 10.0. The minimum absolute atomic E-state index is 0.0431. The van der Waals surface area contributed by atoms with E-state index in [4.69, 9.17) is 10.8 Å². The minimum Gasteiger partial charge on any atom is -0.508 e. The minimum atomic E-state index is -1.81. The number of H-pyrrole nitrogens is 1. The molecule has 2 aromatic carbocycles. The molecule has 1 aromatic heterocycles. The van der Waals surface area contributed by atoms with Crippen molar-refractivity contribution in [3.8, 4) is 5.75 Å². The van der Waals surface area contributed by atoms with E-state index in [0.717, 1.165) is 10.9 Å². The number of para-hydroxylation sites is 1. The van der Waals surface area contributed by atoms with Crippen molar-refractivity contribution >= 4 is 40.6 Å². The number of aromatic nitrogens is 1. The summed E-state index contributed by atoms with van der Waals surface area (Å²) in [6, 6.07) is 7.47. The van der Waals surface area contributed by atoms with Gasteiger partial charge in [0.1, 0.15) is 23.9 Å². The molecule has 0 spiro atoms. The van der Waals surface area contributed by atoms with Crippen LogP contribution in [0.4, 0.5) is 0 Å². The van der Waals surface area contributed by atoms with Crippen molar-refractivity contribution in [2.45, 2.75) is 56.5 Å². The number of nitrogens with one attached hydrogen (secondary N) is 4. The fourth-order valence-corrected chi connectivity index (χ4v) is 4.28. The number of aromatic hydroxyl groups is 1. The van der Waals surface area contributed by atoms with Crippen LogP contribution in [0, 0.1) is 0 Å². The maximum atomic E-state index is 13.5. The molecular weight excluding hydrogens is 550 g/mol. The number of carboxylic acid groups (broad SMARTS) is 2. The Hall–Kier alpha value is -4.95. The molecule has 3 rings (SSSR count). The lowest BCUT2D eigenvalue weighted by molar-refractivity contribution is -0.148. The van der Waals surface area contributed by atoms with Crippen LogP contribution in [0.15, 0.2) is 54.7 Å². The number of aliphatic hydroxyl groups is 1. The highest BCUT2D eigenvalue weighted by molar-refractivity contribution is 5.95. The zero-order chi connectivity index (χ0) is 31.0. The molecule has 0 bridgehead atoms. The monoisotopic (exact) mass is 583 g/mol. The van der Waals surface area contributed by atoms with Crippen molar-refractivity contribution in [1.82, 2.24) is 20.9 Å². The van der Waals surface area contributed by atoms with Gasteiger partial charge in [0, 0.05) is 23.5 Å². The predicted octanol–water partition coefficient (Wildman–Crippen LogP) is -0.619. The Bertz CT molecular complexity index is 1440. The van der Waals surface area contributed by atoms with Crippen molar-refractivity contribution in [2.75, 3.05) is 0 Å². The van der Waals surface area contributed by atoms with Gasteiger partial charge in [-0.25, -0.2) is 4.79 Å². The Balaban J connectivity index is 1.82. The highest BCUT2D eigenvalue weighted by Gasteiger charge is 2.33. The number of carbonyl (C=O) groups is 5. The van der Waals surface area contributed by atoms with Gasteiger partial charge in [0.15, 0.2) is 0 Å². The summed E-state index contributed by atoms with van der Waals surface area (Å²) < 4.78 is 0. The summed E-state index contributed by atoms with van der Waals surface area (Å²) in [5.41, 5.74) is 8.20. The van der Waals surface area contributed by atoms with Crippen molar-refractivity contribution in [3.63, 3.8) is 0 Å². The first-order valence-corrected chi connectivity index (χ1v) is 13.0. The fraction of sp³-hybridized carbons (Fsp3) is 0.321. The van der Waals surface area contributed by atoms with Crippen molar-refractivity contribution in [2.24, 2.45) is 5.73 Å². The van der Waals surface area contributed by atoms with Crippen LogP contribution in [0.3, 0.4) is 0 Å². The number of hydrogen-bond acceptors (Lipinski definition) is 8. The van der Waals surface area contributed by atoms with Gasteiger partial charge in [0.05, 0.1) is 18.6 Å². The number of benzene rings is 2. The second-order valence-corrected chi connectivity index (χ2v) is 9.83. The molecule has 0 radical (unpaired) electrons. The highest BCUT2D eigenvalue weighted by Crippen LogP contribution is 2.19. The molecule has 0 aliphatic carbocycles. The molecule has 0 saturated heterocycles. The molecule has 3 aromatic rings. The molecule has 10 N–H and O–H groups in total. The van der Waals surface area contributed by atoms with E-state index >= 15 is 0 Å². The molecule has 5 atom stereocenters. The first-order valence-electron chi connectivity index (χ1n) is 13.0. The van der Waals surface area contributed by atoms with E-state index in [9.17, 15) is 39.3 Å². The van der Waals surface area contributed by atoms with E-state index < -0.39 is 66.4 Å². The fourth-order valence-electron chi connectivity index (χ4n) is 4.28. The first-order chi connectivity index (χ1) is 19.8. The van der Waals surface area contributed by atoms with Crippen LogP contribution in [0.1, 0.15) is 24.5 Å². The van der Waals surface area contributed by atoms with E-state index in [-0.39, 0.29) is 18.6 Å². The van der Waals surface area contributed by atoms with E-state index in [1.165, 1.54) is 19.1 Å². The molecule has 0 aliphatic heterocycles. The molecule has 0 saturated carbocycles. The maximum absolute atomic E-state index is 13.5. The number of carboxylic acids is 2. The largest absolute Gasteiger partial charge is 0.508 e. The number of aliphatic carboxylic acids is 2. The number of nitrogens with two attached hydrogens (primary N) is 1. The summed E-state index contributed by atoms with van der Waals surface area (Å²) in [4.78, 5) is 64.8. The summed E-state index contributed by atoms with van der Waals surface area (Å²) in [6.45, 7) is 1.18. The van der Waals surface area contributed by atoms with Gasteiger partial charge in [-0.05, 0) is 42.7 Å². The SMILES string of the molecule is CC(O)C(NC(=O)C(Cc1c[nH]c2ccccc12)NC(=O)C(N)Cc1ccc(O)cc1)C(=O)NC(CC(=O)O)C(=O)O. The van der Waals surface area contributed by atoms with Crippen LogP contribution < -0.4 is 21.7 Å². The molecule has 14 heteroatoms. The summed E-state index contributed by atoms with van der Waals surface area (Å²) in [5, 5.41) is 45.6. The number of aromatic amines is 1. The highest BCUT2D eigenvalue weighted by atomic mass is 16.4. The van der Waals surface area contributed by atoms with Crippen LogP contribution >= 0.6 is 0 Å². The molecule has 1 heterocycles. The second kappa shape index (κ2) is 14.1. The molecule has 0 aliphatic rings. The Morgan fingerprint density at radius 1 is 0.857 bits per heavy atom. The average molecular weight is 584 g/mol. The van der Waals surface area contributed by atoms with Gasteiger partial charge in [-0.15, -0.1) is 0 Å². The van der Waals surface area contributed by atoms with Crippen LogP contribution in [-0.4, -0.2) is 85.3 Å². The van der Waals surface area contributed by atoms with Crippen LogP contribution in [0.25, 0.3) is 10.9 Å². The van der Waals surface area contributed by atoms with Gasteiger partial charge in [0.25, 0.3) is 0 Å². The van der Waals surface area contributed by atoms with Gasteiger partial charge in [-0.2, -0.15) is 0 Å². The van der Waals surface area contributed by atoms with Gasteiger partial charge >= 0.3 is 11.9 Å². The lowest BCUT2D eigenvalue weighted by Gasteiger charge is -2.26. The molecular formula is C28H33N5O9. The first kappa shape index (κ1) is 31.6. The van der Waals surface area contributed by atoms with Gasteiger partial charge in [0.2, 0.25) is 17.7 Å². The third-order valence-corrected chi connectivity index (χ3v) is 6.52. The normalized spacial score (nSPS) is 14.6. The van der Waals surface area contributed by atoms with Crippen molar-refractivity contribution in [1.29, 1.82) is 0 Å². The van der Waals surface area contributed by atoms with Crippen LogP contribution in [-0.2, 0) is 36.8 Å². The van der Waals surface area contributed by atoms with E-state index in [1.54, 1.807) is 24.4 Å². The van der Waals surface area contributed by atoms with Gasteiger partial charge < -0.3 is 47.1 Å². The van der Waals surface area contributed by atoms with Crippen molar-refractivity contribution < 1.29 is 44.4 Å². The number of aliphatic hydroxyl groups excluding tert-OH is 1. The molecule has 42 heavy (non-hydrogen) atoms. The Morgan fingerprint density at radius 3 is 2.12 bits per heavy atom. The summed E-state index contributed by atoms with van der Waals surface area (Å²) in [5.74, 6) is -5.75. The number of fused-ring (bicyclic) bond motifs is 1. The number of phenolic OH excluding ortho intramolecular Hbond substituents is 1. The van der Waals surface area contributed by atoms with Gasteiger partial charge in [-0.3, -0.25) is 19.2 Å². The number of carbonyl (C=O) groups excluding carboxylic acids is 3. The average Bonchev–Trinajstić information content (AvgIpc) is 3.34.